The summed E-state index contributed by atoms with van der Waals surface area (Å²) in [5, 5.41) is 3.94. The Balaban J connectivity index is 1.22. The Kier molecular flexibility index (Phi) is 6.69. The maximum atomic E-state index is 12.7. The standard InChI is InChI=1S/C23H31N3O4/c1-17-22(18(2)30-24-17)16-29-20-7-5-19(6-8-20)14-23(27)26-11-9-25(10-12-26)15-21-4-3-13-28-21/h5-8,21H,3-4,9-16H2,1-2H3. The van der Waals surface area contributed by atoms with Crippen molar-refractivity contribution in [2.24, 2.45) is 0 Å². The number of aryl methyl sites for hydroxylation is 2. The predicted octanol–water partition coefficient (Wildman–Crippen LogP) is 2.74. The van der Waals surface area contributed by atoms with E-state index in [2.05, 4.69) is 10.1 Å². The van der Waals surface area contributed by atoms with Gasteiger partial charge in [-0.25, -0.2) is 0 Å². The van der Waals surface area contributed by atoms with Gasteiger partial charge in [0.2, 0.25) is 5.91 Å². The highest BCUT2D eigenvalue weighted by atomic mass is 16.5. The minimum absolute atomic E-state index is 0.191. The number of aromatic nitrogens is 1. The summed E-state index contributed by atoms with van der Waals surface area (Å²) < 4.78 is 16.7. The fourth-order valence-electron chi connectivity index (χ4n) is 4.11. The highest BCUT2D eigenvalue weighted by molar-refractivity contribution is 5.79. The number of hydrogen-bond donors (Lipinski definition) is 0. The molecule has 3 heterocycles. The minimum Gasteiger partial charge on any atom is -0.489 e. The van der Waals surface area contributed by atoms with E-state index < -0.39 is 0 Å². The molecule has 4 rings (SSSR count). The van der Waals surface area contributed by atoms with E-state index in [1.165, 1.54) is 6.42 Å². The Hall–Kier alpha value is -2.38. The Bertz CT molecular complexity index is 815. The molecule has 2 saturated heterocycles. The third kappa shape index (κ3) is 5.21. The van der Waals surface area contributed by atoms with Gasteiger partial charge >= 0.3 is 0 Å². The van der Waals surface area contributed by atoms with Crippen LogP contribution in [0.5, 0.6) is 5.75 Å². The summed E-state index contributed by atoms with van der Waals surface area (Å²) in [5.74, 6) is 1.75. The van der Waals surface area contributed by atoms with Crippen molar-refractivity contribution in [3.8, 4) is 5.75 Å². The molecule has 0 spiro atoms. The Labute approximate surface area is 177 Å². The average molecular weight is 414 g/mol. The Morgan fingerprint density at radius 2 is 1.93 bits per heavy atom. The van der Waals surface area contributed by atoms with Gasteiger partial charge in [-0.05, 0) is 44.4 Å². The fraction of sp³-hybridized carbons (Fsp3) is 0.565. The van der Waals surface area contributed by atoms with Crippen molar-refractivity contribution in [1.82, 2.24) is 15.0 Å². The largest absolute Gasteiger partial charge is 0.489 e. The number of piperazine rings is 1. The zero-order valence-corrected chi connectivity index (χ0v) is 17.9. The summed E-state index contributed by atoms with van der Waals surface area (Å²) in [6.45, 7) is 9.57. The summed E-state index contributed by atoms with van der Waals surface area (Å²) in [6, 6.07) is 7.77. The molecule has 1 amide bonds. The van der Waals surface area contributed by atoms with Crippen molar-refractivity contribution in [1.29, 1.82) is 0 Å². The molecule has 1 aromatic heterocycles. The summed E-state index contributed by atoms with van der Waals surface area (Å²) in [7, 11) is 0. The molecule has 2 aliphatic heterocycles. The van der Waals surface area contributed by atoms with Gasteiger partial charge in [0.05, 0.1) is 23.8 Å². The second kappa shape index (κ2) is 9.62. The molecule has 2 fully saturated rings. The number of carbonyl (C=O) groups is 1. The van der Waals surface area contributed by atoms with Crippen LogP contribution in [-0.4, -0.2) is 66.3 Å². The maximum Gasteiger partial charge on any atom is 0.227 e. The normalized spacial score (nSPS) is 19.9. The van der Waals surface area contributed by atoms with Crippen LogP contribution in [0.3, 0.4) is 0 Å². The van der Waals surface area contributed by atoms with E-state index in [-0.39, 0.29) is 5.91 Å². The molecule has 0 aliphatic carbocycles. The maximum absolute atomic E-state index is 12.7. The lowest BCUT2D eigenvalue weighted by Crippen LogP contribution is -2.50. The first-order valence-corrected chi connectivity index (χ1v) is 10.8. The van der Waals surface area contributed by atoms with Crippen molar-refractivity contribution in [2.75, 3.05) is 39.3 Å². The van der Waals surface area contributed by atoms with Crippen LogP contribution in [0.1, 0.15) is 35.4 Å². The molecule has 1 unspecified atom stereocenters. The Morgan fingerprint density at radius 3 is 2.57 bits per heavy atom. The molecule has 0 N–H and O–H groups in total. The molecule has 0 bridgehead atoms. The molecule has 7 nitrogen and oxygen atoms in total. The number of ether oxygens (including phenoxy) is 2. The van der Waals surface area contributed by atoms with E-state index in [1.54, 1.807) is 0 Å². The smallest absolute Gasteiger partial charge is 0.227 e. The first-order chi connectivity index (χ1) is 14.6. The summed E-state index contributed by atoms with van der Waals surface area (Å²) >= 11 is 0. The highest BCUT2D eigenvalue weighted by Crippen LogP contribution is 2.19. The zero-order chi connectivity index (χ0) is 20.9. The number of nitrogens with zero attached hydrogens (tertiary/aromatic N) is 3. The van der Waals surface area contributed by atoms with Gasteiger partial charge in [0.25, 0.3) is 0 Å². The second-order valence-corrected chi connectivity index (χ2v) is 8.23. The molecule has 1 aromatic carbocycles. The molecule has 162 valence electrons. The second-order valence-electron chi connectivity index (χ2n) is 8.23. The van der Waals surface area contributed by atoms with Crippen LogP contribution in [0, 0.1) is 13.8 Å². The van der Waals surface area contributed by atoms with E-state index in [9.17, 15) is 4.79 Å². The van der Waals surface area contributed by atoms with Crippen LogP contribution >= 0.6 is 0 Å². The van der Waals surface area contributed by atoms with Crippen LogP contribution in [-0.2, 0) is 22.6 Å². The van der Waals surface area contributed by atoms with Crippen molar-refractivity contribution in [3.63, 3.8) is 0 Å². The SMILES string of the molecule is Cc1noc(C)c1COc1ccc(CC(=O)N2CCN(CC3CCCO3)CC2)cc1. The molecule has 7 heteroatoms. The van der Waals surface area contributed by atoms with Gasteiger partial charge in [-0.1, -0.05) is 17.3 Å². The summed E-state index contributed by atoms with van der Waals surface area (Å²) in [6.07, 6.45) is 3.14. The summed E-state index contributed by atoms with van der Waals surface area (Å²) in [5.41, 5.74) is 2.84. The van der Waals surface area contributed by atoms with Gasteiger partial charge < -0.3 is 18.9 Å². The topological polar surface area (TPSA) is 68.0 Å². The van der Waals surface area contributed by atoms with Crippen LogP contribution in [0.25, 0.3) is 0 Å². The van der Waals surface area contributed by atoms with E-state index in [4.69, 9.17) is 14.0 Å². The molecule has 2 aliphatic rings. The third-order valence-electron chi connectivity index (χ3n) is 6.05. The lowest BCUT2D eigenvalue weighted by molar-refractivity contribution is -0.132. The van der Waals surface area contributed by atoms with Gasteiger partial charge in [-0.3, -0.25) is 9.69 Å². The molecule has 2 aromatic rings. The van der Waals surface area contributed by atoms with Crippen molar-refractivity contribution >= 4 is 5.91 Å². The molecule has 1 atom stereocenters. The molecule has 30 heavy (non-hydrogen) atoms. The molecule has 0 radical (unpaired) electrons. The quantitative estimate of drug-likeness (QED) is 0.695. The number of rotatable bonds is 7. The van der Waals surface area contributed by atoms with Crippen molar-refractivity contribution in [3.05, 3.63) is 46.8 Å². The van der Waals surface area contributed by atoms with E-state index in [0.717, 1.165) is 74.1 Å². The highest BCUT2D eigenvalue weighted by Gasteiger charge is 2.24. The van der Waals surface area contributed by atoms with Gasteiger partial charge in [-0.2, -0.15) is 0 Å². The Morgan fingerprint density at radius 1 is 1.17 bits per heavy atom. The average Bonchev–Trinajstić information content (AvgIpc) is 3.38. The van der Waals surface area contributed by atoms with E-state index in [1.807, 2.05) is 43.0 Å². The molecule has 0 saturated carbocycles. The molecular weight excluding hydrogens is 382 g/mol. The van der Waals surface area contributed by atoms with Gasteiger partial charge in [0.1, 0.15) is 18.1 Å². The van der Waals surface area contributed by atoms with Crippen LogP contribution < -0.4 is 4.74 Å². The van der Waals surface area contributed by atoms with Gasteiger partial charge in [0.15, 0.2) is 0 Å². The fourth-order valence-corrected chi connectivity index (χ4v) is 4.11. The van der Waals surface area contributed by atoms with Gasteiger partial charge in [0, 0.05) is 39.3 Å². The third-order valence-corrected chi connectivity index (χ3v) is 6.05. The number of hydrogen-bond acceptors (Lipinski definition) is 6. The first kappa shape index (κ1) is 20.9. The predicted molar refractivity (Wildman–Crippen MR) is 112 cm³/mol. The number of amides is 1. The van der Waals surface area contributed by atoms with Crippen LogP contribution in [0.15, 0.2) is 28.8 Å². The number of benzene rings is 1. The zero-order valence-electron chi connectivity index (χ0n) is 17.9. The van der Waals surface area contributed by atoms with Crippen LogP contribution in [0.4, 0.5) is 0 Å². The minimum atomic E-state index is 0.191. The van der Waals surface area contributed by atoms with E-state index >= 15 is 0 Å². The monoisotopic (exact) mass is 413 g/mol. The van der Waals surface area contributed by atoms with E-state index in [0.29, 0.717) is 19.1 Å². The van der Waals surface area contributed by atoms with Crippen molar-refractivity contribution < 1.29 is 18.8 Å². The molecular formula is C23H31N3O4. The van der Waals surface area contributed by atoms with Crippen molar-refractivity contribution in [2.45, 2.75) is 45.8 Å². The van der Waals surface area contributed by atoms with Gasteiger partial charge in [-0.15, -0.1) is 0 Å². The summed E-state index contributed by atoms with van der Waals surface area (Å²) in [4.78, 5) is 17.1. The number of carbonyl (C=O) groups excluding carboxylic acids is 1. The first-order valence-electron chi connectivity index (χ1n) is 10.8. The van der Waals surface area contributed by atoms with Crippen LogP contribution in [0.2, 0.25) is 0 Å². The lowest BCUT2D eigenvalue weighted by Gasteiger charge is -2.35. The lowest BCUT2D eigenvalue weighted by atomic mass is 10.1.